The maximum absolute atomic E-state index is 12.2. The number of nitrogens with zero attached hydrogens (tertiary/aromatic N) is 2. The highest BCUT2D eigenvalue weighted by molar-refractivity contribution is 5.78. The van der Waals surface area contributed by atoms with Crippen LogP contribution in [0.2, 0.25) is 0 Å². The Hall–Kier alpha value is -1.62. The Morgan fingerprint density at radius 3 is 2.57 bits per heavy atom. The predicted octanol–water partition coefficient (Wildman–Crippen LogP) is 2.08. The van der Waals surface area contributed by atoms with Crippen LogP contribution in [0.3, 0.4) is 0 Å². The van der Waals surface area contributed by atoms with Crippen molar-refractivity contribution < 1.29 is 4.79 Å². The minimum atomic E-state index is 0.167. The van der Waals surface area contributed by atoms with Crippen LogP contribution in [0.4, 0.5) is 5.82 Å². The normalized spacial score (nSPS) is 20.1. The minimum Gasteiger partial charge on any atom is -0.357 e. The maximum Gasteiger partial charge on any atom is 0.223 e. The highest BCUT2D eigenvalue weighted by atomic mass is 16.1. The third-order valence-corrected chi connectivity index (χ3v) is 4.92. The van der Waals surface area contributed by atoms with E-state index in [-0.39, 0.29) is 11.8 Å². The second kappa shape index (κ2) is 8.29. The van der Waals surface area contributed by atoms with Gasteiger partial charge in [-0.1, -0.05) is 18.9 Å². The molecule has 0 saturated carbocycles. The molecule has 0 aromatic carbocycles. The second-order valence-corrected chi connectivity index (χ2v) is 6.67. The number of hydrogen-bond donors (Lipinski definition) is 2. The molecule has 2 N–H and O–H groups in total. The van der Waals surface area contributed by atoms with E-state index in [9.17, 15) is 4.79 Å². The SMILES string of the molecule is O=C(NCc1ccc(N2CCCCCC2)nc1)C1CCNCC1. The molecule has 1 aromatic rings. The molecule has 2 fully saturated rings. The third-order valence-electron chi connectivity index (χ3n) is 4.92. The number of carbonyl (C=O) groups excluding carboxylic acids is 1. The first-order chi connectivity index (χ1) is 11.3. The molecule has 2 aliphatic rings. The van der Waals surface area contributed by atoms with Gasteiger partial charge < -0.3 is 15.5 Å². The molecule has 0 bridgehead atoms. The van der Waals surface area contributed by atoms with Gasteiger partial charge in [-0.3, -0.25) is 4.79 Å². The van der Waals surface area contributed by atoms with Crippen LogP contribution < -0.4 is 15.5 Å². The van der Waals surface area contributed by atoms with Crippen LogP contribution in [0.1, 0.15) is 44.1 Å². The van der Waals surface area contributed by atoms with Crippen molar-refractivity contribution in [3.8, 4) is 0 Å². The number of amides is 1. The zero-order valence-corrected chi connectivity index (χ0v) is 13.9. The first kappa shape index (κ1) is 16.2. The molecular formula is C18H28N4O. The summed E-state index contributed by atoms with van der Waals surface area (Å²) in [5.41, 5.74) is 1.07. The van der Waals surface area contributed by atoms with Crippen molar-refractivity contribution in [1.29, 1.82) is 0 Å². The molecule has 23 heavy (non-hydrogen) atoms. The van der Waals surface area contributed by atoms with Gasteiger partial charge in [0.1, 0.15) is 5.82 Å². The average Bonchev–Trinajstić information content (AvgIpc) is 2.90. The fourth-order valence-electron chi connectivity index (χ4n) is 3.43. The van der Waals surface area contributed by atoms with Gasteiger partial charge in [-0.25, -0.2) is 4.98 Å². The van der Waals surface area contributed by atoms with Gasteiger partial charge in [0.2, 0.25) is 5.91 Å². The van der Waals surface area contributed by atoms with Gasteiger partial charge in [0, 0.05) is 31.7 Å². The van der Waals surface area contributed by atoms with Gasteiger partial charge in [-0.15, -0.1) is 0 Å². The number of rotatable bonds is 4. The lowest BCUT2D eigenvalue weighted by atomic mass is 9.97. The largest absolute Gasteiger partial charge is 0.357 e. The number of anilines is 1. The molecule has 3 rings (SSSR count). The lowest BCUT2D eigenvalue weighted by molar-refractivity contribution is -0.125. The molecule has 2 aliphatic heterocycles. The molecule has 3 heterocycles. The summed E-state index contributed by atoms with van der Waals surface area (Å²) >= 11 is 0. The van der Waals surface area contributed by atoms with Crippen molar-refractivity contribution >= 4 is 11.7 Å². The molecule has 0 spiro atoms. The van der Waals surface area contributed by atoms with Crippen LogP contribution >= 0.6 is 0 Å². The predicted molar refractivity (Wildman–Crippen MR) is 92.4 cm³/mol. The van der Waals surface area contributed by atoms with Crippen LogP contribution in [-0.4, -0.2) is 37.1 Å². The summed E-state index contributed by atoms with van der Waals surface area (Å²) in [5.74, 6) is 1.42. The standard InChI is InChI=1S/C18H28N4O/c23-18(16-7-9-19-10-8-16)21-14-15-5-6-17(20-13-15)22-11-3-1-2-4-12-22/h5-6,13,16,19H,1-4,7-12,14H2,(H,21,23). The van der Waals surface area contributed by atoms with E-state index in [1.54, 1.807) is 0 Å². The topological polar surface area (TPSA) is 57.3 Å². The van der Waals surface area contributed by atoms with E-state index in [2.05, 4.69) is 32.7 Å². The van der Waals surface area contributed by atoms with Gasteiger partial charge in [0.15, 0.2) is 0 Å². The molecule has 1 aromatic heterocycles. The number of hydrogen-bond acceptors (Lipinski definition) is 4. The quantitative estimate of drug-likeness (QED) is 0.893. The molecule has 0 atom stereocenters. The molecular weight excluding hydrogens is 288 g/mol. The highest BCUT2D eigenvalue weighted by Gasteiger charge is 2.20. The summed E-state index contributed by atoms with van der Waals surface area (Å²) in [6, 6.07) is 4.19. The molecule has 0 aliphatic carbocycles. The summed E-state index contributed by atoms with van der Waals surface area (Å²) in [6.45, 7) is 4.70. The van der Waals surface area contributed by atoms with Crippen LogP contribution in [0, 0.1) is 5.92 Å². The summed E-state index contributed by atoms with van der Waals surface area (Å²) in [4.78, 5) is 19.1. The Balaban J connectivity index is 1.49. The Bertz CT molecular complexity index is 488. The number of nitrogens with one attached hydrogen (secondary N) is 2. The number of pyridine rings is 1. The fourth-order valence-corrected chi connectivity index (χ4v) is 3.43. The highest BCUT2D eigenvalue weighted by Crippen LogP contribution is 2.17. The first-order valence-electron chi connectivity index (χ1n) is 9.01. The van der Waals surface area contributed by atoms with Crippen molar-refractivity contribution in [3.63, 3.8) is 0 Å². The van der Waals surface area contributed by atoms with Gasteiger partial charge in [-0.2, -0.15) is 0 Å². The lowest BCUT2D eigenvalue weighted by Crippen LogP contribution is -2.37. The zero-order chi connectivity index (χ0) is 15.9. The minimum absolute atomic E-state index is 0.167. The van der Waals surface area contributed by atoms with Gasteiger partial charge >= 0.3 is 0 Å². The molecule has 2 saturated heterocycles. The Kier molecular flexibility index (Phi) is 5.86. The van der Waals surface area contributed by atoms with E-state index < -0.39 is 0 Å². The van der Waals surface area contributed by atoms with Crippen molar-refractivity contribution in [2.24, 2.45) is 5.92 Å². The van der Waals surface area contributed by atoms with Crippen molar-refractivity contribution in [1.82, 2.24) is 15.6 Å². The van der Waals surface area contributed by atoms with E-state index in [1.165, 1.54) is 25.7 Å². The van der Waals surface area contributed by atoms with E-state index in [0.29, 0.717) is 6.54 Å². The van der Waals surface area contributed by atoms with Crippen LogP contribution in [0.15, 0.2) is 18.3 Å². The Morgan fingerprint density at radius 1 is 1.17 bits per heavy atom. The van der Waals surface area contributed by atoms with Crippen molar-refractivity contribution in [3.05, 3.63) is 23.9 Å². The summed E-state index contributed by atoms with van der Waals surface area (Å²) in [6.07, 6.45) is 8.97. The van der Waals surface area contributed by atoms with Gasteiger partial charge in [-0.05, 0) is 50.4 Å². The molecule has 126 valence electrons. The first-order valence-corrected chi connectivity index (χ1v) is 9.01. The average molecular weight is 316 g/mol. The zero-order valence-electron chi connectivity index (χ0n) is 13.9. The number of piperidine rings is 1. The monoisotopic (exact) mass is 316 g/mol. The summed E-state index contributed by atoms with van der Waals surface area (Å²) < 4.78 is 0. The van der Waals surface area contributed by atoms with Crippen LogP contribution in [0.25, 0.3) is 0 Å². The maximum atomic E-state index is 12.2. The lowest BCUT2D eigenvalue weighted by Gasteiger charge is -2.22. The number of carbonyl (C=O) groups is 1. The number of aromatic nitrogens is 1. The molecule has 0 unspecified atom stereocenters. The third kappa shape index (κ3) is 4.67. The molecule has 0 radical (unpaired) electrons. The van der Waals surface area contributed by atoms with Crippen molar-refractivity contribution in [2.75, 3.05) is 31.1 Å². The van der Waals surface area contributed by atoms with E-state index in [1.807, 2.05) is 6.20 Å². The summed E-state index contributed by atoms with van der Waals surface area (Å²) in [5, 5.41) is 6.35. The Morgan fingerprint density at radius 2 is 1.91 bits per heavy atom. The van der Waals surface area contributed by atoms with Crippen LogP contribution in [0.5, 0.6) is 0 Å². The van der Waals surface area contributed by atoms with Crippen molar-refractivity contribution in [2.45, 2.75) is 45.1 Å². The smallest absolute Gasteiger partial charge is 0.223 e. The van der Waals surface area contributed by atoms with E-state index in [0.717, 1.165) is 50.4 Å². The second-order valence-electron chi connectivity index (χ2n) is 6.67. The van der Waals surface area contributed by atoms with Crippen LogP contribution in [-0.2, 0) is 11.3 Å². The molecule has 5 nitrogen and oxygen atoms in total. The van der Waals surface area contributed by atoms with E-state index >= 15 is 0 Å². The fraction of sp³-hybridized carbons (Fsp3) is 0.667. The molecule has 1 amide bonds. The van der Waals surface area contributed by atoms with E-state index in [4.69, 9.17) is 0 Å². The summed E-state index contributed by atoms with van der Waals surface area (Å²) in [7, 11) is 0. The van der Waals surface area contributed by atoms with Gasteiger partial charge in [0.05, 0.1) is 0 Å². The van der Waals surface area contributed by atoms with Gasteiger partial charge in [0.25, 0.3) is 0 Å². The Labute approximate surface area is 138 Å². The molecule has 5 heteroatoms.